The fourth-order valence-electron chi connectivity index (χ4n) is 2.11. The Morgan fingerprint density at radius 2 is 1.89 bits per heavy atom. The van der Waals surface area contributed by atoms with Crippen molar-refractivity contribution in [2.24, 2.45) is 0 Å². The molecule has 2 aromatic carbocycles. The van der Waals surface area contributed by atoms with E-state index in [1.54, 1.807) is 34.9 Å². The average molecular weight is 255 g/mol. The minimum Gasteiger partial charge on any atom is -0.508 e. The van der Waals surface area contributed by atoms with Crippen LogP contribution < -0.4 is 5.76 Å². The highest BCUT2D eigenvalue weighted by Crippen LogP contribution is 2.17. The van der Waals surface area contributed by atoms with Crippen LogP contribution in [-0.2, 0) is 6.54 Å². The van der Waals surface area contributed by atoms with E-state index in [9.17, 15) is 9.90 Å². The molecule has 0 saturated heterocycles. The van der Waals surface area contributed by atoms with Gasteiger partial charge in [0.05, 0.1) is 12.1 Å². The summed E-state index contributed by atoms with van der Waals surface area (Å²) in [7, 11) is 0. The van der Waals surface area contributed by atoms with E-state index in [1.165, 1.54) is 0 Å². The topological polar surface area (TPSA) is 55.4 Å². The van der Waals surface area contributed by atoms with Crippen molar-refractivity contribution in [1.29, 1.82) is 0 Å². The Kier molecular flexibility index (Phi) is 2.63. The van der Waals surface area contributed by atoms with E-state index in [4.69, 9.17) is 4.42 Å². The summed E-state index contributed by atoms with van der Waals surface area (Å²) in [6.07, 6.45) is 0. The average Bonchev–Trinajstić information content (AvgIpc) is 2.69. The van der Waals surface area contributed by atoms with E-state index in [0.717, 1.165) is 16.6 Å². The van der Waals surface area contributed by atoms with Crippen molar-refractivity contribution in [3.8, 4) is 5.75 Å². The SMILES string of the molecule is Cc1ccc2oc(=O)n(Cc3ccc(O)cc3)c2c1. The molecule has 0 radical (unpaired) electrons. The maximum atomic E-state index is 11.9. The van der Waals surface area contributed by atoms with Gasteiger partial charge in [-0.1, -0.05) is 18.2 Å². The smallest absolute Gasteiger partial charge is 0.420 e. The van der Waals surface area contributed by atoms with E-state index < -0.39 is 0 Å². The van der Waals surface area contributed by atoms with Gasteiger partial charge in [-0.25, -0.2) is 4.79 Å². The highest BCUT2D eigenvalue weighted by molar-refractivity contribution is 5.73. The lowest BCUT2D eigenvalue weighted by Crippen LogP contribution is -2.14. The number of benzene rings is 2. The van der Waals surface area contributed by atoms with Crippen LogP contribution in [0.3, 0.4) is 0 Å². The minimum absolute atomic E-state index is 0.212. The molecule has 0 spiro atoms. The highest BCUT2D eigenvalue weighted by Gasteiger charge is 2.09. The van der Waals surface area contributed by atoms with Crippen molar-refractivity contribution in [3.05, 3.63) is 64.1 Å². The third kappa shape index (κ3) is 2.12. The first kappa shape index (κ1) is 11.6. The summed E-state index contributed by atoms with van der Waals surface area (Å²) in [4.78, 5) is 11.9. The molecule has 0 bridgehead atoms. The molecule has 0 saturated carbocycles. The maximum absolute atomic E-state index is 11.9. The Morgan fingerprint density at radius 1 is 1.16 bits per heavy atom. The molecular weight excluding hydrogens is 242 g/mol. The molecule has 4 nitrogen and oxygen atoms in total. The molecule has 0 aliphatic carbocycles. The first-order valence-electron chi connectivity index (χ1n) is 6.01. The zero-order valence-corrected chi connectivity index (χ0v) is 10.5. The number of oxazole rings is 1. The van der Waals surface area contributed by atoms with Crippen LogP contribution in [0.1, 0.15) is 11.1 Å². The molecule has 1 aromatic heterocycles. The number of phenolic OH excluding ortho intramolecular Hbond substituents is 1. The maximum Gasteiger partial charge on any atom is 0.420 e. The van der Waals surface area contributed by atoms with Crippen molar-refractivity contribution in [2.75, 3.05) is 0 Å². The third-order valence-corrected chi connectivity index (χ3v) is 3.10. The van der Waals surface area contributed by atoms with E-state index in [0.29, 0.717) is 12.1 Å². The summed E-state index contributed by atoms with van der Waals surface area (Å²) < 4.78 is 6.80. The van der Waals surface area contributed by atoms with E-state index >= 15 is 0 Å². The van der Waals surface area contributed by atoms with Crippen molar-refractivity contribution in [2.45, 2.75) is 13.5 Å². The lowest BCUT2D eigenvalue weighted by molar-refractivity contribution is 0.475. The van der Waals surface area contributed by atoms with Crippen LogP contribution in [0.25, 0.3) is 11.1 Å². The second-order valence-corrected chi connectivity index (χ2v) is 4.59. The van der Waals surface area contributed by atoms with E-state index in [-0.39, 0.29) is 11.5 Å². The quantitative estimate of drug-likeness (QED) is 0.766. The van der Waals surface area contributed by atoms with Gasteiger partial charge in [-0.3, -0.25) is 4.57 Å². The monoisotopic (exact) mass is 255 g/mol. The third-order valence-electron chi connectivity index (χ3n) is 3.10. The number of rotatable bonds is 2. The van der Waals surface area contributed by atoms with Crippen LogP contribution in [0.5, 0.6) is 5.75 Å². The van der Waals surface area contributed by atoms with Crippen molar-refractivity contribution >= 4 is 11.1 Å². The summed E-state index contributed by atoms with van der Waals surface area (Å²) in [6.45, 7) is 2.40. The summed E-state index contributed by atoms with van der Waals surface area (Å²) in [5, 5.41) is 9.26. The largest absolute Gasteiger partial charge is 0.508 e. The Hall–Kier alpha value is -2.49. The normalized spacial score (nSPS) is 11.0. The summed E-state index contributed by atoms with van der Waals surface area (Å²) >= 11 is 0. The number of aryl methyl sites for hydroxylation is 1. The Labute approximate surface area is 109 Å². The second kappa shape index (κ2) is 4.31. The van der Waals surface area contributed by atoms with Gasteiger partial charge in [0.1, 0.15) is 5.75 Å². The summed E-state index contributed by atoms with van der Waals surface area (Å²) in [5.41, 5.74) is 3.39. The second-order valence-electron chi connectivity index (χ2n) is 4.59. The van der Waals surface area contributed by atoms with Gasteiger partial charge in [0.2, 0.25) is 0 Å². The van der Waals surface area contributed by atoms with Crippen molar-refractivity contribution in [3.63, 3.8) is 0 Å². The van der Waals surface area contributed by atoms with E-state index in [1.807, 2.05) is 19.1 Å². The molecule has 0 atom stereocenters. The molecule has 3 rings (SSSR count). The molecule has 1 N–H and O–H groups in total. The van der Waals surface area contributed by atoms with Gasteiger partial charge in [-0.2, -0.15) is 0 Å². The molecule has 1 heterocycles. The minimum atomic E-state index is -0.367. The molecule has 19 heavy (non-hydrogen) atoms. The number of hydrogen-bond acceptors (Lipinski definition) is 3. The van der Waals surface area contributed by atoms with Crippen LogP contribution in [0.4, 0.5) is 0 Å². The first-order chi connectivity index (χ1) is 9.13. The lowest BCUT2D eigenvalue weighted by Gasteiger charge is -2.03. The van der Waals surface area contributed by atoms with Gasteiger partial charge in [-0.15, -0.1) is 0 Å². The number of aromatic nitrogens is 1. The first-order valence-corrected chi connectivity index (χ1v) is 6.01. The number of aromatic hydroxyl groups is 1. The van der Waals surface area contributed by atoms with Gasteiger partial charge in [-0.05, 0) is 42.3 Å². The summed E-state index contributed by atoms with van der Waals surface area (Å²) in [6, 6.07) is 12.4. The predicted octanol–water partition coefficient (Wildman–Crippen LogP) is 2.66. The Morgan fingerprint density at radius 3 is 2.63 bits per heavy atom. The number of nitrogens with zero attached hydrogens (tertiary/aromatic N) is 1. The van der Waals surface area contributed by atoms with Gasteiger partial charge in [0.25, 0.3) is 0 Å². The van der Waals surface area contributed by atoms with Crippen LogP contribution in [0.2, 0.25) is 0 Å². The number of phenols is 1. The molecule has 0 aliphatic rings. The molecule has 3 aromatic rings. The standard InChI is InChI=1S/C15H13NO3/c1-10-2-7-14-13(8-10)16(15(18)19-14)9-11-3-5-12(17)6-4-11/h2-8,17H,9H2,1H3. The van der Waals surface area contributed by atoms with Gasteiger partial charge in [0.15, 0.2) is 5.58 Å². The van der Waals surface area contributed by atoms with Crippen molar-refractivity contribution in [1.82, 2.24) is 4.57 Å². The zero-order valence-electron chi connectivity index (χ0n) is 10.5. The summed E-state index contributed by atoms with van der Waals surface area (Å²) in [5.74, 6) is -0.155. The Balaban J connectivity index is 2.09. The predicted molar refractivity (Wildman–Crippen MR) is 72.4 cm³/mol. The van der Waals surface area contributed by atoms with Crippen LogP contribution in [-0.4, -0.2) is 9.67 Å². The van der Waals surface area contributed by atoms with Crippen LogP contribution in [0, 0.1) is 6.92 Å². The molecule has 0 unspecified atom stereocenters. The zero-order chi connectivity index (χ0) is 13.4. The molecule has 96 valence electrons. The van der Waals surface area contributed by atoms with Crippen LogP contribution >= 0.6 is 0 Å². The fraction of sp³-hybridized carbons (Fsp3) is 0.133. The van der Waals surface area contributed by atoms with Crippen LogP contribution in [0.15, 0.2) is 51.7 Å². The Bertz CT molecular complexity index is 781. The molecule has 4 heteroatoms. The van der Waals surface area contributed by atoms with E-state index in [2.05, 4.69) is 0 Å². The molecule has 0 amide bonds. The molecule has 0 aliphatic heterocycles. The number of hydrogen-bond donors (Lipinski definition) is 1. The number of fused-ring (bicyclic) bond motifs is 1. The molecule has 0 fully saturated rings. The van der Waals surface area contributed by atoms with Gasteiger partial charge >= 0.3 is 5.76 Å². The van der Waals surface area contributed by atoms with Crippen molar-refractivity contribution < 1.29 is 9.52 Å². The van der Waals surface area contributed by atoms with Gasteiger partial charge < -0.3 is 9.52 Å². The lowest BCUT2D eigenvalue weighted by atomic mass is 10.2. The fourth-order valence-corrected chi connectivity index (χ4v) is 2.11. The van der Waals surface area contributed by atoms with Gasteiger partial charge in [0, 0.05) is 0 Å². The highest BCUT2D eigenvalue weighted by atomic mass is 16.4. The molecular formula is C15H13NO3.